The molecule has 138 valence electrons. The van der Waals surface area contributed by atoms with E-state index in [4.69, 9.17) is 0 Å². The van der Waals surface area contributed by atoms with Crippen LogP contribution in [-0.4, -0.2) is 4.98 Å². The van der Waals surface area contributed by atoms with Gasteiger partial charge in [-0.3, -0.25) is 0 Å². The van der Waals surface area contributed by atoms with Gasteiger partial charge in [0.15, 0.2) is 0 Å². The lowest BCUT2D eigenvalue weighted by Crippen LogP contribution is -2.30. The summed E-state index contributed by atoms with van der Waals surface area (Å²) in [5.41, 5.74) is 10.5. The molecule has 1 spiro atoms. The number of fused-ring (bicyclic) bond motifs is 7. The second-order valence-electron chi connectivity index (χ2n) is 8.59. The Kier molecular flexibility index (Phi) is 2.42. The Morgan fingerprint density at radius 1 is 0.433 bits per heavy atom. The first kappa shape index (κ1) is 15.1. The molecular formula is C29H17N. The van der Waals surface area contributed by atoms with Gasteiger partial charge in [0.25, 0.3) is 0 Å². The molecule has 0 amide bonds. The van der Waals surface area contributed by atoms with Crippen molar-refractivity contribution in [2.24, 2.45) is 0 Å². The predicted molar refractivity (Wildman–Crippen MR) is 124 cm³/mol. The molecule has 0 fully saturated rings. The first-order chi connectivity index (χ1) is 14.9. The summed E-state index contributed by atoms with van der Waals surface area (Å²) in [4.78, 5) is 3.70. The lowest BCUT2D eigenvalue weighted by molar-refractivity contribution is 0.783. The van der Waals surface area contributed by atoms with E-state index in [0.29, 0.717) is 0 Å². The summed E-state index contributed by atoms with van der Waals surface area (Å²) in [6.45, 7) is 0. The molecule has 8 rings (SSSR count). The average molecular weight is 379 g/mol. The van der Waals surface area contributed by atoms with E-state index in [-0.39, 0.29) is 5.41 Å². The zero-order valence-corrected chi connectivity index (χ0v) is 16.2. The molecule has 30 heavy (non-hydrogen) atoms. The predicted octanol–water partition coefficient (Wildman–Crippen LogP) is 7.15. The summed E-state index contributed by atoms with van der Waals surface area (Å²) < 4.78 is 0. The molecule has 0 radical (unpaired) electrons. The number of aromatic nitrogens is 1. The highest BCUT2D eigenvalue weighted by Gasteiger charge is 2.49. The van der Waals surface area contributed by atoms with Gasteiger partial charge in [-0.25, -0.2) is 0 Å². The SMILES string of the molecule is c1ccc2c(c1)-c1ccccc1C21c2cccc3ccc4[nH]c5cccc1c5c4c23. The van der Waals surface area contributed by atoms with Gasteiger partial charge in [0.1, 0.15) is 0 Å². The van der Waals surface area contributed by atoms with Gasteiger partial charge in [0.2, 0.25) is 0 Å². The first-order valence-electron chi connectivity index (χ1n) is 10.6. The number of hydrogen-bond acceptors (Lipinski definition) is 0. The van der Waals surface area contributed by atoms with Crippen LogP contribution in [-0.2, 0) is 5.41 Å². The van der Waals surface area contributed by atoms with Crippen molar-refractivity contribution in [3.05, 3.63) is 119 Å². The van der Waals surface area contributed by atoms with Crippen LogP contribution in [0.3, 0.4) is 0 Å². The molecule has 6 aromatic rings. The van der Waals surface area contributed by atoms with Crippen LogP contribution in [0.1, 0.15) is 22.3 Å². The van der Waals surface area contributed by atoms with E-state index in [9.17, 15) is 0 Å². The second-order valence-corrected chi connectivity index (χ2v) is 8.59. The van der Waals surface area contributed by atoms with Crippen LogP contribution in [0.4, 0.5) is 0 Å². The van der Waals surface area contributed by atoms with Gasteiger partial charge in [-0.15, -0.1) is 0 Å². The van der Waals surface area contributed by atoms with E-state index >= 15 is 0 Å². The van der Waals surface area contributed by atoms with Crippen LogP contribution in [0.2, 0.25) is 0 Å². The van der Waals surface area contributed by atoms with Crippen molar-refractivity contribution in [1.82, 2.24) is 4.98 Å². The summed E-state index contributed by atoms with van der Waals surface area (Å²) in [5.74, 6) is 0. The van der Waals surface area contributed by atoms with Gasteiger partial charge in [0.05, 0.1) is 5.41 Å². The van der Waals surface area contributed by atoms with Crippen molar-refractivity contribution >= 4 is 32.6 Å². The molecule has 1 heterocycles. The normalized spacial score (nSPS) is 14.9. The van der Waals surface area contributed by atoms with Crippen LogP contribution in [0, 0.1) is 0 Å². The quantitative estimate of drug-likeness (QED) is 0.288. The molecule has 1 nitrogen and oxygen atoms in total. The van der Waals surface area contributed by atoms with Gasteiger partial charge >= 0.3 is 0 Å². The van der Waals surface area contributed by atoms with Crippen LogP contribution in [0.15, 0.2) is 97.1 Å². The number of benzene rings is 5. The zero-order valence-electron chi connectivity index (χ0n) is 16.2. The van der Waals surface area contributed by atoms with Crippen molar-refractivity contribution in [1.29, 1.82) is 0 Å². The van der Waals surface area contributed by atoms with Crippen LogP contribution < -0.4 is 0 Å². The number of rotatable bonds is 0. The smallest absolute Gasteiger partial charge is 0.0726 e. The Labute approximate surface area is 173 Å². The number of nitrogens with one attached hydrogen (secondary N) is 1. The van der Waals surface area contributed by atoms with E-state index in [1.54, 1.807) is 0 Å². The largest absolute Gasteiger partial charge is 0.354 e. The van der Waals surface area contributed by atoms with Gasteiger partial charge in [-0.2, -0.15) is 0 Å². The minimum atomic E-state index is -0.282. The topological polar surface area (TPSA) is 15.8 Å². The molecular weight excluding hydrogens is 362 g/mol. The minimum absolute atomic E-state index is 0.282. The van der Waals surface area contributed by atoms with E-state index in [2.05, 4.69) is 102 Å². The molecule has 0 atom stereocenters. The Hall–Kier alpha value is -3.84. The highest BCUT2D eigenvalue weighted by Crippen LogP contribution is 2.61. The molecule has 0 aliphatic heterocycles. The van der Waals surface area contributed by atoms with E-state index in [0.717, 1.165) is 0 Å². The fraction of sp³-hybridized carbons (Fsp3) is 0.0345. The van der Waals surface area contributed by atoms with Crippen LogP contribution >= 0.6 is 0 Å². The standard InChI is InChI=1S/C29H17N/c1-3-10-20-18(8-1)19-9-2-4-11-21(19)29(20)22-12-5-7-17-15-16-25-28(26(17)22)27-23(29)13-6-14-24(27)30-25/h1-16,30H. The fourth-order valence-corrected chi connectivity index (χ4v) is 6.40. The van der Waals surface area contributed by atoms with Crippen molar-refractivity contribution in [3.63, 3.8) is 0 Å². The third-order valence-corrected chi connectivity index (χ3v) is 7.39. The molecule has 0 saturated carbocycles. The number of hydrogen-bond donors (Lipinski definition) is 1. The van der Waals surface area contributed by atoms with Crippen molar-refractivity contribution < 1.29 is 0 Å². The van der Waals surface area contributed by atoms with Gasteiger partial charge in [-0.1, -0.05) is 84.9 Å². The monoisotopic (exact) mass is 379 g/mol. The first-order valence-corrected chi connectivity index (χ1v) is 10.6. The van der Waals surface area contributed by atoms with Gasteiger partial charge in [-0.05, 0) is 56.3 Å². The van der Waals surface area contributed by atoms with Crippen LogP contribution in [0.25, 0.3) is 43.7 Å². The average Bonchev–Trinajstić information content (AvgIpc) is 3.33. The molecule has 2 aliphatic carbocycles. The summed E-state index contributed by atoms with van der Waals surface area (Å²) in [6, 6.07) is 36.1. The third-order valence-electron chi connectivity index (χ3n) is 7.39. The Balaban J connectivity index is 1.75. The van der Waals surface area contributed by atoms with Gasteiger partial charge in [0, 0.05) is 21.8 Å². The number of H-pyrrole nitrogens is 1. The molecule has 2 aliphatic rings. The molecule has 1 aromatic heterocycles. The maximum absolute atomic E-state index is 3.70. The van der Waals surface area contributed by atoms with E-state index in [1.807, 2.05) is 0 Å². The molecule has 1 N–H and O–H groups in total. The minimum Gasteiger partial charge on any atom is -0.354 e. The van der Waals surface area contributed by atoms with Crippen molar-refractivity contribution in [2.75, 3.05) is 0 Å². The fourth-order valence-electron chi connectivity index (χ4n) is 6.40. The molecule has 0 bridgehead atoms. The second kappa shape index (κ2) is 4.83. The Morgan fingerprint density at radius 2 is 1.03 bits per heavy atom. The highest BCUT2D eigenvalue weighted by atomic mass is 14.7. The summed E-state index contributed by atoms with van der Waals surface area (Å²) in [6.07, 6.45) is 0. The van der Waals surface area contributed by atoms with Crippen molar-refractivity contribution in [3.8, 4) is 11.1 Å². The summed E-state index contributed by atoms with van der Waals surface area (Å²) in [5, 5.41) is 5.47. The summed E-state index contributed by atoms with van der Waals surface area (Å²) >= 11 is 0. The maximum Gasteiger partial charge on any atom is 0.0726 e. The summed E-state index contributed by atoms with van der Waals surface area (Å²) in [7, 11) is 0. The number of aromatic amines is 1. The van der Waals surface area contributed by atoms with Gasteiger partial charge < -0.3 is 4.98 Å². The zero-order chi connectivity index (χ0) is 19.4. The lowest BCUT2D eigenvalue weighted by Gasteiger charge is -2.37. The third kappa shape index (κ3) is 1.43. The Morgan fingerprint density at radius 3 is 1.80 bits per heavy atom. The molecule has 5 aromatic carbocycles. The lowest BCUT2D eigenvalue weighted by atomic mass is 9.63. The van der Waals surface area contributed by atoms with Crippen molar-refractivity contribution in [2.45, 2.75) is 5.41 Å². The van der Waals surface area contributed by atoms with Crippen LogP contribution in [0.5, 0.6) is 0 Å². The van der Waals surface area contributed by atoms with E-state index in [1.165, 1.54) is 66.0 Å². The Bertz CT molecular complexity index is 1650. The molecule has 0 unspecified atom stereocenters. The molecule has 1 heteroatoms. The van der Waals surface area contributed by atoms with E-state index < -0.39 is 0 Å². The molecule has 0 saturated heterocycles. The maximum atomic E-state index is 3.70. The highest BCUT2D eigenvalue weighted by molar-refractivity contribution is 6.25.